The second-order valence-electron chi connectivity index (χ2n) is 7.97. The maximum atomic E-state index is 13.3. The van der Waals surface area contributed by atoms with E-state index < -0.39 is 47.5 Å². The van der Waals surface area contributed by atoms with Gasteiger partial charge in [-0.3, -0.25) is 14.4 Å². The number of carbonyl (C=O) groups excluding carboxylic acids is 3. The molecule has 1 fully saturated rings. The summed E-state index contributed by atoms with van der Waals surface area (Å²) in [5.41, 5.74) is -1.13. The molecule has 0 unspecified atom stereocenters. The fourth-order valence-corrected chi connectivity index (χ4v) is 4.60. The zero-order chi connectivity index (χ0) is 24.9. The summed E-state index contributed by atoms with van der Waals surface area (Å²) in [6.07, 6.45) is 1.12. The predicted octanol–water partition coefficient (Wildman–Crippen LogP) is 2.78. The SMILES string of the molecule is C=CCOc1ccc([C@@H]2[C@@H](C(=O)OC)C(=O)C[C@](O)(c3ccccc3)[C@@H]2C(=O)OC)cc1OC. The topological polar surface area (TPSA) is 108 Å². The van der Waals surface area contributed by atoms with Crippen LogP contribution in [0.2, 0.25) is 0 Å². The Bertz CT molecular complexity index is 1060. The van der Waals surface area contributed by atoms with Gasteiger partial charge in [0, 0.05) is 12.3 Å². The monoisotopic (exact) mass is 468 g/mol. The van der Waals surface area contributed by atoms with Gasteiger partial charge in [0.25, 0.3) is 0 Å². The van der Waals surface area contributed by atoms with Crippen molar-refractivity contribution in [2.24, 2.45) is 11.8 Å². The Kier molecular flexibility index (Phi) is 7.73. The van der Waals surface area contributed by atoms with Crippen molar-refractivity contribution in [1.82, 2.24) is 0 Å². The molecule has 180 valence electrons. The quantitative estimate of drug-likeness (QED) is 0.358. The molecular weight excluding hydrogens is 440 g/mol. The normalized spacial score (nSPS) is 24.1. The highest BCUT2D eigenvalue weighted by atomic mass is 16.5. The molecule has 0 radical (unpaired) electrons. The number of carbonyl (C=O) groups is 3. The summed E-state index contributed by atoms with van der Waals surface area (Å²) in [6.45, 7) is 3.86. The van der Waals surface area contributed by atoms with Crippen molar-refractivity contribution in [2.45, 2.75) is 17.9 Å². The fraction of sp³-hybridized carbons (Fsp3) is 0.346. The number of esters is 2. The van der Waals surface area contributed by atoms with E-state index >= 15 is 0 Å². The van der Waals surface area contributed by atoms with Crippen LogP contribution in [0.15, 0.2) is 61.2 Å². The van der Waals surface area contributed by atoms with E-state index in [4.69, 9.17) is 18.9 Å². The Morgan fingerprint density at radius 3 is 2.32 bits per heavy atom. The smallest absolute Gasteiger partial charge is 0.316 e. The van der Waals surface area contributed by atoms with Crippen LogP contribution in [0.3, 0.4) is 0 Å². The van der Waals surface area contributed by atoms with Gasteiger partial charge in [-0.05, 0) is 23.3 Å². The lowest BCUT2D eigenvalue weighted by atomic mass is 9.59. The van der Waals surface area contributed by atoms with E-state index in [0.29, 0.717) is 22.6 Å². The van der Waals surface area contributed by atoms with Crippen LogP contribution in [-0.2, 0) is 29.5 Å². The van der Waals surface area contributed by atoms with Crippen molar-refractivity contribution in [3.05, 3.63) is 72.3 Å². The number of benzene rings is 2. The van der Waals surface area contributed by atoms with E-state index in [9.17, 15) is 19.5 Å². The van der Waals surface area contributed by atoms with Gasteiger partial charge < -0.3 is 24.1 Å². The van der Waals surface area contributed by atoms with Crippen LogP contribution in [0.25, 0.3) is 0 Å². The van der Waals surface area contributed by atoms with Gasteiger partial charge in [-0.15, -0.1) is 0 Å². The molecule has 1 saturated carbocycles. The van der Waals surface area contributed by atoms with Crippen LogP contribution in [0, 0.1) is 11.8 Å². The van der Waals surface area contributed by atoms with E-state index in [0.717, 1.165) is 0 Å². The minimum Gasteiger partial charge on any atom is -0.493 e. The minimum atomic E-state index is -1.91. The molecule has 34 heavy (non-hydrogen) atoms. The Morgan fingerprint density at radius 1 is 1.06 bits per heavy atom. The van der Waals surface area contributed by atoms with Crippen LogP contribution in [0.1, 0.15) is 23.5 Å². The summed E-state index contributed by atoms with van der Waals surface area (Å²) >= 11 is 0. The molecule has 2 aromatic carbocycles. The van der Waals surface area contributed by atoms with Crippen molar-refractivity contribution >= 4 is 17.7 Å². The molecule has 1 aliphatic carbocycles. The first kappa shape index (κ1) is 25.0. The van der Waals surface area contributed by atoms with Crippen molar-refractivity contribution in [3.8, 4) is 11.5 Å². The number of hydrogen-bond donors (Lipinski definition) is 1. The molecule has 8 nitrogen and oxygen atoms in total. The number of ether oxygens (including phenoxy) is 4. The van der Waals surface area contributed by atoms with Crippen LogP contribution < -0.4 is 9.47 Å². The lowest BCUT2D eigenvalue weighted by Crippen LogP contribution is -2.54. The molecule has 0 heterocycles. The third kappa shape index (κ3) is 4.54. The lowest BCUT2D eigenvalue weighted by Gasteiger charge is -2.45. The Hall–Kier alpha value is -3.65. The molecule has 0 aliphatic heterocycles. The summed E-state index contributed by atoms with van der Waals surface area (Å²) in [5.74, 6) is -5.07. The first-order valence-corrected chi connectivity index (χ1v) is 10.7. The van der Waals surface area contributed by atoms with Crippen molar-refractivity contribution in [2.75, 3.05) is 27.9 Å². The van der Waals surface area contributed by atoms with Crippen LogP contribution in [-0.4, -0.2) is 50.8 Å². The van der Waals surface area contributed by atoms with Gasteiger partial charge in [0.05, 0.1) is 27.2 Å². The number of rotatable bonds is 8. The van der Waals surface area contributed by atoms with E-state index in [1.165, 1.54) is 21.3 Å². The Balaban J connectivity index is 2.24. The summed E-state index contributed by atoms with van der Waals surface area (Å²) in [7, 11) is 3.81. The molecule has 0 spiro atoms. The molecule has 1 aliphatic rings. The van der Waals surface area contributed by atoms with Crippen molar-refractivity contribution in [3.63, 3.8) is 0 Å². The molecule has 1 N–H and O–H groups in total. The molecule has 0 bridgehead atoms. The number of Topliss-reactive ketones (excluding diaryl/α,β-unsaturated/α-hetero) is 1. The average molecular weight is 469 g/mol. The van der Waals surface area contributed by atoms with Gasteiger partial charge in [0.2, 0.25) is 0 Å². The molecule has 3 rings (SSSR count). The number of methoxy groups -OCH3 is 3. The number of ketones is 1. The van der Waals surface area contributed by atoms with Gasteiger partial charge in [0.1, 0.15) is 18.1 Å². The van der Waals surface area contributed by atoms with Gasteiger partial charge >= 0.3 is 11.9 Å². The van der Waals surface area contributed by atoms with Crippen molar-refractivity contribution < 1.29 is 38.4 Å². The molecule has 0 amide bonds. The summed E-state index contributed by atoms with van der Waals surface area (Å²) in [6, 6.07) is 13.2. The maximum absolute atomic E-state index is 13.3. The van der Waals surface area contributed by atoms with Gasteiger partial charge in [-0.2, -0.15) is 0 Å². The molecule has 4 atom stereocenters. The first-order valence-electron chi connectivity index (χ1n) is 10.7. The first-order chi connectivity index (χ1) is 16.3. The van der Waals surface area contributed by atoms with Gasteiger partial charge in [0.15, 0.2) is 17.3 Å². The average Bonchev–Trinajstić information content (AvgIpc) is 2.86. The van der Waals surface area contributed by atoms with E-state index in [1.54, 1.807) is 54.6 Å². The number of hydrogen-bond acceptors (Lipinski definition) is 8. The molecular formula is C26H28O8. The summed E-state index contributed by atoms with van der Waals surface area (Å²) < 4.78 is 21.0. The highest BCUT2D eigenvalue weighted by molar-refractivity contribution is 6.03. The molecule has 2 aromatic rings. The van der Waals surface area contributed by atoms with Gasteiger partial charge in [-0.25, -0.2) is 0 Å². The zero-order valence-electron chi connectivity index (χ0n) is 19.4. The second-order valence-corrected chi connectivity index (χ2v) is 7.97. The Labute approximate surface area is 198 Å². The Morgan fingerprint density at radius 2 is 1.74 bits per heavy atom. The largest absolute Gasteiger partial charge is 0.493 e. The minimum absolute atomic E-state index is 0.237. The number of aliphatic hydroxyl groups is 1. The van der Waals surface area contributed by atoms with Crippen LogP contribution in [0.5, 0.6) is 11.5 Å². The van der Waals surface area contributed by atoms with Crippen LogP contribution >= 0.6 is 0 Å². The standard InChI is InChI=1S/C26H28O8/c1-5-13-34-19-12-11-16(14-20(19)31-2)21-22(24(28)32-3)18(27)15-26(30,23(21)25(29)33-4)17-9-7-6-8-10-17/h5-12,14,21-23,30H,1,13,15H2,2-4H3/t21-,22+,23+,26+/m1/s1. The molecule has 0 aromatic heterocycles. The maximum Gasteiger partial charge on any atom is 0.316 e. The third-order valence-corrected chi connectivity index (χ3v) is 6.14. The summed E-state index contributed by atoms with van der Waals surface area (Å²) in [5, 5.41) is 11.8. The second kappa shape index (κ2) is 10.5. The molecule has 0 saturated heterocycles. The predicted molar refractivity (Wildman–Crippen MR) is 122 cm³/mol. The van der Waals surface area contributed by atoms with E-state index in [-0.39, 0.29) is 6.61 Å². The highest BCUT2D eigenvalue weighted by Crippen LogP contribution is 2.52. The van der Waals surface area contributed by atoms with E-state index in [2.05, 4.69) is 6.58 Å². The van der Waals surface area contributed by atoms with Crippen LogP contribution in [0.4, 0.5) is 0 Å². The van der Waals surface area contributed by atoms with Crippen molar-refractivity contribution in [1.29, 1.82) is 0 Å². The highest BCUT2D eigenvalue weighted by Gasteiger charge is 2.59. The van der Waals surface area contributed by atoms with E-state index in [1.807, 2.05) is 0 Å². The lowest BCUT2D eigenvalue weighted by molar-refractivity contribution is -0.174. The zero-order valence-corrected chi connectivity index (χ0v) is 19.4. The molecule has 8 heteroatoms. The summed E-state index contributed by atoms with van der Waals surface area (Å²) in [4.78, 5) is 39.2. The third-order valence-electron chi connectivity index (χ3n) is 6.14. The fourth-order valence-electron chi connectivity index (χ4n) is 4.60. The van der Waals surface area contributed by atoms with Gasteiger partial charge in [-0.1, -0.05) is 49.1 Å².